The molecule has 0 aliphatic carbocycles. The molecule has 2 fully saturated rings. The number of benzene rings is 2. The molecular weight excluding hydrogens is 467 g/mol. The van der Waals surface area contributed by atoms with E-state index < -0.39 is 11.7 Å². The minimum absolute atomic E-state index is 0.154. The molecule has 2 aliphatic heterocycles. The van der Waals surface area contributed by atoms with E-state index in [2.05, 4.69) is 41.0 Å². The van der Waals surface area contributed by atoms with Gasteiger partial charge in [0.15, 0.2) is 0 Å². The fraction of sp³-hybridized carbons (Fsp3) is 0.536. The van der Waals surface area contributed by atoms with Crippen LogP contribution in [0.1, 0.15) is 42.4 Å². The maximum absolute atomic E-state index is 13.2. The monoisotopic (exact) mass is 503 g/mol. The number of alkyl halides is 3. The van der Waals surface area contributed by atoms with E-state index in [0.29, 0.717) is 32.4 Å². The minimum atomic E-state index is -4.39. The third-order valence-electron chi connectivity index (χ3n) is 7.25. The van der Waals surface area contributed by atoms with Crippen molar-refractivity contribution in [2.45, 2.75) is 51.8 Å². The predicted molar refractivity (Wildman–Crippen MR) is 135 cm³/mol. The summed E-state index contributed by atoms with van der Waals surface area (Å²) < 4.78 is 45.3. The Morgan fingerprint density at radius 1 is 0.944 bits per heavy atom. The number of carbonyl (C=O) groups is 1. The Morgan fingerprint density at radius 2 is 1.61 bits per heavy atom. The van der Waals surface area contributed by atoms with Gasteiger partial charge in [-0.25, -0.2) is 0 Å². The molecule has 0 saturated carbocycles. The van der Waals surface area contributed by atoms with Crippen molar-refractivity contribution in [3.8, 4) is 5.75 Å². The number of rotatable bonds is 7. The van der Waals surface area contributed by atoms with Gasteiger partial charge in [-0.2, -0.15) is 13.2 Å². The van der Waals surface area contributed by atoms with E-state index in [-0.39, 0.29) is 23.3 Å². The van der Waals surface area contributed by atoms with Crippen molar-refractivity contribution in [3.05, 3.63) is 59.2 Å². The molecule has 36 heavy (non-hydrogen) atoms. The standard InChI is InChI=1S/C28H36F3N3O2/c1-21-5-8-23(9-6-21)33-18-16-32(17-19-33)13-3-4-27(35)34-14-11-24(12-15-34)36-25-10-7-22(2)26(20-25)28(29,30)31/h5-10,20,24H,3-4,11-19H2,1-2H3. The van der Waals surface area contributed by atoms with Gasteiger partial charge in [0.1, 0.15) is 11.9 Å². The lowest BCUT2D eigenvalue weighted by atomic mass is 10.1. The summed E-state index contributed by atoms with van der Waals surface area (Å²) in [7, 11) is 0. The molecule has 2 aromatic carbocycles. The Morgan fingerprint density at radius 3 is 2.25 bits per heavy atom. The zero-order valence-corrected chi connectivity index (χ0v) is 21.2. The normalized spacial score (nSPS) is 17.9. The first kappa shape index (κ1) is 26.3. The Kier molecular flexibility index (Phi) is 8.44. The first-order valence-electron chi connectivity index (χ1n) is 12.9. The van der Waals surface area contributed by atoms with E-state index in [1.807, 2.05) is 4.90 Å². The number of aryl methyl sites for hydroxylation is 2. The summed E-state index contributed by atoms with van der Waals surface area (Å²) in [6.07, 6.45) is -1.96. The predicted octanol–water partition coefficient (Wildman–Crippen LogP) is 5.29. The van der Waals surface area contributed by atoms with Crippen LogP contribution in [0.5, 0.6) is 5.75 Å². The molecule has 0 N–H and O–H groups in total. The number of amides is 1. The highest BCUT2D eigenvalue weighted by molar-refractivity contribution is 5.76. The van der Waals surface area contributed by atoms with Gasteiger partial charge < -0.3 is 14.5 Å². The van der Waals surface area contributed by atoms with Crippen LogP contribution in [0, 0.1) is 13.8 Å². The molecular formula is C28H36F3N3O2. The zero-order chi connectivity index (χ0) is 25.7. The lowest BCUT2D eigenvalue weighted by Crippen LogP contribution is -2.47. The number of likely N-dealkylation sites (tertiary alicyclic amines) is 1. The number of carbonyl (C=O) groups excluding carboxylic acids is 1. The van der Waals surface area contributed by atoms with Crippen LogP contribution in [-0.4, -0.2) is 67.6 Å². The molecule has 0 atom stereocenters. The van der Waals surface area contributed by atoms with Crippen LogP contribution in [0.15, 0.2) is 42.5 Å². The van der Waals surface area contributed by atoms with Crippen molar-refractivity contribution in [2.24, 2.45) is 0 Å². The van der Waals surface area contributed by atoms with Gasteiger partial charge in [0.05, 0.1) is 5.56 Å². The van der Waals surface area contributed by atoms with Crippen LogP contribution in [0.2, 0.25) is 0 Å². The average molecular weight is 504 g/mol. The summed E-state index contributed by atoms with van der Waals surface area (Å²) in [5.74, 6) is 0.390. The highest BCUT2D eigenvalue weighted by atomic mass is 19.4. The van der Waals surface area contributed by atoms with Crippen LogP contribution in [-0.2, 0) is 11.0 Å². The van der Waals surface area contributed by atoms with E-state index in [0.717, 1.165) is 45.2 Å². The van der Waals surface area contributed by atoms with Gasteiger partial charge in [-0.1, -0.05) is 23.8 Å². The molecule has 0 bridgehead atoms. The molecule has 196 valence electrons. The van der Waals surface area contributed by atoms with Gasteiger partial charge in [0, 0.05) is 64.2 Å². The van der Waals surface area contributed by atoms with Crippen molar-refractivity contribution in [2.75, 3.05) is 50.7 Å². The number of nitrogens with zero attached hydrogens (tertiary/aromatic N) is 3. The molecule has 5 nitrogen and oxygen atoms in total. The van der Waals surface area contributed by atoms with E-state index in [1.54, 1.807) is 6.07 Å². The quantitative estimate of drug-likeness (QED) is 0.514. The molecule has 0 spiro atoms. The molecule has 0 aromatic heterocycles. The molecule has 2 saturated heterocycles. The van der Waals surface area contributed by atoms with Gasteiger partial charge in [-0.15, -0.1) is 0 Å². The maximum atomic E-state index is 13.2. The van der Waals surface area contributed by atoms with Crippen LogP contribution in [0.3, 0.4) is 0 Å². The summed E-state index contributed by atoms with van der Waals surface area (Å²) in [5.41, 5.74) is 2.06. The second-order valence-electron chi connectivity index (χ2n) is 9.94. The Bertz CT molecular complexity index is 1010. The van der Waals surface area contributed by atoms with Crippen LogP contribution in [0.4, 0.5) is 18.9 Å². The Balaban J connectivity index is 1.14. The van der Waals surface area contributed by atoms with E-state index in [1.165, 1.54) is 24.2 Å². The number of piperidine rings is 1. The number of ether oxygens (including phenoxy) is 1. The van der Waals surface area contributed by atoms with Crippen molar-refractivity contribution >= 4 is 11.6 Å². The number of hydrogen-bond acceptors (Lipinski definition) is 4. The van der Waals surface area contributed by atoms with Crippen molar-refractivity contribution in [3.63, 3.8) is 0 Å². The Labute approximate surface area is 211 Å². The molecule has 8 heteroatoms. The summed E-state index contributed by atoms with van der Waals surface area (Å²) >= 11 is 0. The van der Waals surface area contributed by atoms with Gasteiger partial charge >= 0.3 is 6.18 Å². The first-order valence-corrected chi connectivity index (χ1v) is 12.9. The van der Waals surface area contributed by atoms with Gasteiger partial charge in [0.2, 0.25) is 5.91 Å². The average Bonchev–Trinajstić information content (AvgIpc) is 2.86. The highest BCUT2D eigenvalue weighted by Crippen LogP contribution is 2.34. The highest BCUT2D eigenvalue weighted by Gasteiger charge is 2.33. The topological polar surface area (TPSA) is 36.0 Å². The largest absolute Gasteiger partial charge is 0.490 e. The lowest BCUT2D eigenvalue weighted by Gasteiger charge is -2.36. The Hall–Kier alpha value is -2.74. The fourth-order valence-corrected chi connectivity index (χ4v) is 4.99. The van der Waals surface area contributed by atoms with Crippen LogP contribution < -0.4 is 9.64 Å². The van der Waals surface area contributed by atoms with E-state index >= 15 is 0 Å². The molecule has 4 rings (SSSR count). The summed E-state index contributed by atoms with van der Waals surface area (Å²) in [5, 5.41) is 0. The smallest absolute Gasteiger partial charge is 0.416 e. The number of hydrogen-bond donors (Lipinski definition) is 0. The summed E-state index contributed by atoms with van der Waals surface area (Å²) in [6, 6.07) is 12.8. The van der Waals surface area contributed by atoms with Gasteiger partial charge in [0.25, 0.3) is 0 Å². The van der Waals surface area contributed by atoms with Gasteiger partial charge in [-0.05, 0) is 56.6 Å². The number of piperazine rings is 1. The minimum Gasteiger partial charge on any atom is -0.490 e. The second-order valence-corrected chi connectivity index (χ2v) is 9.94. The molecule has 0 unspecified atom stereocenters. The van der Waals surface area contributed by atoms with E-state index in [9.17, 15) is 18.0 Å². The van der Waals surface area contributed by atoms with Crippen molar-refractivity contribution < 1.29 is 22.7 Å². The lowest BCUT2D eigenvalue weighted by molar-refractivity contribution is -0.138. The molecule has 2 aliphatic rings. The van der Waals surface area contributed by atoms with Crippen molar-refractivity contribution in [1.29, 1.82) is 0 Å². The first-order chi connectivity index (χ1) is 17.2. The number of anilines is 1. The van der Waals surface area contributed by atoms with Crippen LogP contribution >= 0.6 is 0 Å². The summed E-state index contributed by atoms with van der Waals surface area (Å²) in [6.45, 7) is 9.61. The third kappa shape index (κ3) is 6.93. The molecule has 2 aromatic rings. The molecule has 2 heterocycles. The maximum Gasteiger partial charge on any atom is 0.416 e. The van der Waals surface area contributed by atoms with E-state index in [4.69, 9.17) is 4.74 Å². The second kappa shape index (κ2) is 11.5. The summed E-state index contributed by atoms with van der Waals surface area (Å²) in [4.78, 5) is 19.4. The van der Waals surface area contributed by atoms with Gasteiger partial charge in [-0.3, -0.25) is 9.69 Å². The molecule has 0 radical (unpaired) electrons. The fourth-order valence-electron chi connectivity index (χ4n) is 4.99. The van der Waals surface area contributed by atoms with Crippen LogP contribution in [0.25, 0.3) is 0 Å². The third-order valence-corrected chi connectivity index (χ3v) is 7.25. The SMILES string of the molecule is Cc1ccc(N2CCN(CCCC(=O)N3CCC(Oc4ccc(C)c(C(F)(F)F)c4)CC3)CC2)cc1. The zero-order valence-electron chi connectivity index (χ0n) is 21.2. The molecule has 1 amide bonds. The van der Waals surface area contributed by atoms with Crippen molar-refractivity contribution in [1.82, 2.24) is 9.80 Å². The number of halogens is 3.